The lowest BCUT2D eigenvalue weighted by Crippen LogP contribution is -2.54. The first-order valence-corrected chi connectivity index (χ1v) is 18.0. The number of para-hydroxylation sites is 4. The van der Waals surface area contributed by atoms with Gasteiger partial charge in [-0.25, -0.2) is 4.98 Å². The van der Waals surface area contributed by atoms with Gasteiger partial charge in [0.25, 0.3) is 0 Å². The second kappa shape index (κ2) is 13.6. The lowest BCUT2D eigenvalue weighted by Gasteiger charge is -2.46. The minimum atomic E-state index is -1.64. The van der Waals surface area contributed by atoms with Crippen molar-refractivity contribution in [2.45, 2.75) is 36.2 Å². The van der Waals surface area contributed by atoms with Crippen LogP contribution >= 0.6 is 0 Å². The molecule has 5 aromatic carbocycles. The predicted molar refractivity (Wildman–Crippen MR) is 200 cm³/mol. The molecule has 1 aromatic heterocycles. The number of aromatic nitrogens is 2. The summed E-state index contributed by atoms with van der Waals surface area (Å²) in [6, 6.07) is 38.7. The molecule has 0 aliphatic carbocycles. The van der Waals surface area contributed by atoms with E-state index in [1.807, 2.05) is 132 Å². The normalized spacial score (nSPS) is 24.5. The zero-order chi connectivity index (χ0) is 36.8. The van der Waals surface area contributed by atoms with Gasteiger partial charge in [0.1, 0.15) is 35.7 Å². The van der Waals surface area contributed by atoms with Crippen LogP contribution in [0.25, 0.3) is 11.0 Å². The van der Waals surface area contributed by atoms with Crippen molar-refractivity contribution >= 4 is 34.5 Å². The number of esters is 1. The molecule has 270 valence electrons. The van der Waals surface area contributed by atoms with Crippen LogP contribution < -0.4 is 15.4 Å². The standard InChI is InChI=1S/C43H37N5O6/c49-23-24-53-33-22-12-7-17-28(33)39-43(29-18-8-9-19-30(29)47-42(43)52)35(40(50)44-25-34-45-31-20-10-11-21-32(31)46-34)37-41(51)54-38(27-15-5-2-6-16-27)36(48(37)39)26-13-3-1-4-14-26/h1-22,35-39,49H,23-25H2,(H,44,50)(H,45,46)(H,47,52)/t35-,36-,37-,38+,39+,43-/m1/s1. The van der Waals surface area contributed by atoms with Crippen LogP contribution in [0, 0.1) is 5.92 Å². The molecule has 0 bridgehead atoms. The van der Waals surface area contributed by atoms with E-state index in [-0.39, 0.29) is 19.8 Å². The van der Waals surface area contributed by atoms with E-state index < -0.39 is 53.3 Å². The molecule has 6 aromatic rings. The first-order chi connectivity index (χ1) is 26.5. The van der Waals surface area contributed by atoms with Crippen LogP contribution in [0.5, 0.6) is 5.75 Å². The molecular weight excluding hydrogens is 683 g/mol. The van der Waals surface area contributed by atoms with Crippen molar-refractivity contribution in [3.05, 3.63) is 162 Å². The average Bonchev–Trinajstić information content (AvgIpc) is 3.87. The molecule has 4 heterocycles. The van der Waals surface area contributed by atoms with Crippen LogP contribution in [0.4, 0.5) is 5.69 Å². The van der Waals surface area contributed by atoms with E-state index in [1.165, 1.54) is 0 Å². The number of nitrogens with one attached hydrogen (secondary N) is 3. The zero-order valence-corrected chi connectivity index (χ0v) is 29.1. The van der Waals surface area contributed by atoms with Crippen molar-refractivity contribution in [2.75, 3.05) is 18.5 Å². The maximum absolute atomic E-state index is 15.1. The quantitative estimate of drug-likeness (QED) is 0.143. The second-order valence-electron chi connectivity index (χ2n) is 13.8. The van der Waals surface area contributed by atoms with Crippen LogP contribution in [0.1, 0.15) is 46.3 Å². The Bertz CT molecular complexity index is 2330. The van der Waals surface area contributed by atoms with Gasteiger partial charge in [0, 0.05) is 11.3 Å². The van der Waals surface area contributed by atoms with Crippen LogP contribution in [-0.4, -0.2) is 57.0 Å². The summed E-state index contributed by atoms with van der Waals surface area (Å²) in [5.74, 6) is -1.85. The fraction of sp³-hybridized carbons (Fsp3) is 0.209. The Balaban J connectivity index is 1.29. The molecule has 3 aliphatic heterocycles. The minimum Gasteiger partial charge on any atom is -0.491 e. The molecule has 11 nitrogen and oxygen atoms in total. The number of rotatable bonds is 9. The third-order valence-corrected chi connectivity index (χ3v) is 10.9. The van der Waals surface area contributed by atoms with E-state index in [0.717, 1.165) is 22.2 Å². The summed E-state index contributed by atoms with van der Waals surface area (Å²) < 4.78 is 12.6. The highest BCUT2D eigenvalue weighted by Gasteiger charge is 2.74. The van der Waals surface area contributed by atoms with Crippen LogP contribution in [0.15, 0.2) is 133 Å². The molecule has 3 aliphatic rings. The van der Waals surface area contributed by atoms with Gasteiger partial charge in [-0.3, -0.25) is 19.3 Å². The highest BCUT2D eigenvalue weighted by molar-refractivity contribution is 6.12. The number of anilines is 1. The molecule has 9 rings (SSSR count). The largest absolute Gasteiger partial charge is 0.491 e. The van der Waals surface area contributed by atoms with Gasteiger partial charge in [-0.05, 0) is 41.0 Å². The van der Waals surface area contributed by atoms with Crippen molar-refractivity contribution in [1.82, 2.24) is 20.2 Å². The van der Waals surface area contributed by atoms with Gasteiger partial charge in [0.15, 0.2) is 0 Å². The molecular formula is C43H37N5O6. The van der Waals surface area contributed by atoms with Gasteiger partial charge in [0.05, 0.1) is 42.2 Å². The van der Waals surface area contributed by atoms with Gasteiger partial charge < -0.3 is 30.2 Å². The number of ether oxygens (including phenoxy) is 2. The summed E-state index contributed by atoms with van der Waals surface area (Å²) in [5, 5.41) is 16.0. The molecule has 0 radical (unpaired) electrons. The molecule has 0 unspecified atom stereocenters. The average molecular weight is 720 g/mol. The van der Waals surface area contributed by atoms with E-state index in [4.69, 9.17) is 9.47 Å². The number of hydrogen-bond acceptors (Lipinski definition) is 8. The van der Waals surface area contributed by atoms with E-state index in [0.29, 0.717) is 28.4 Å². The van der Waals surface area contributed by atoms with E-state index >= 15 is 9.59 Å². The third kappa shape index (κ3) is 5.26. The SMILES string of the molecule is O=C1O[C@@H](c2ccccc2)[C@@H](c2ccccc2)N2[C@@H](c3ccccc3OCCO)[C@]3(C(=O)Nc4ccccc43)[C@@H](C(=O)NCc3nc4ccccc4[nH]3)[C@H]12. The lowest BCUT2D eigenvalue weighted by molar-refractivity contribution is -0.178. The number of aromatic amines is 1. The monoisotopic (exact) mass is 719 g/mol. The fourth-order valence-electron chi connectivity index (χ4n) is 8.89. The zero-order valence-electron chi connectivity index (χ0n) is 29.1. The Labute approximate surface area is 310 Å². The number of cyclic esters (lactones) is 1. The van der Waals surface area contributed by atoms with E-state index in [1.54, 1.807) is 6.07 Å². The Kier molecular flexibility index (Phi) is 8.44. The van der Waals surface area contributed by atoms with Gasteiger partial charge in [-0.2, -0.15) is 0 Å². The summed E-state index contributed by atoms with van der Waals surface area (Å²) in [5.41, 5.74) is 3.28. The van der Waals surface area contributed by atoms with Gasteiger partial charge in [-0.1, -0.05) is 109 Å². The van der Waals surface area contributed by atoms with E-state index in [9.17, 15) is 9.90 Å². The number of carbonyl (C=O) groups is 3. The number of imidazole rings is 1. The number of morpholine rings is 1. The number of hydrogen-bond donors (Lipinski definition) is 4. The number of fused-ring (bicyclic) bond motifs is 4. The van der Waals surface area contributed by atoms with Crippen LogP contribution in [0.2, 0.25) is 0 Å². The Hall–Kier alpha value is -6.30. The lowest BCUT2D eigenvalue weighted by atomic mass is 9.65. The van der Waals surface area contributed by atoms with Gasteiger partial charge in [-0.15, -0.1) is 0 Å². The number of aliphatic hydroxyl groups is 1. The minimum absolute atomic E-state index is 0.00115. The summed E-state index contributed by atoms with van der Waals surface area (Å²) in [6.45, 7) is -0.205. The summed E-state index contributed by atoms with van der Waals surface area (Å²) in [6.07, 6.45) is -0.792. The first-order valence-electron chi connectivity index (χ1n) is 18.0. The topological polar surface area (TPSA) is 146 Å². The van der Waals surface area contributed by atoms with Crippen LogP contribution in [0.3, 0.4) is 0 Å². The third-order valence-electron chi connectivity index (χ3n) is 10.9. The number of carbonyl (C=O) groups excluding carboxylic acids is 3. The van der Waals surface area contributed by atoms with Crippen LogP contribution in [-0.2, 0) is 31.1 Å². The highest BCUT2D eigenvalue weighted by Crippen LogP contribution is 2.65. The van der Waals surface area contributed by atoms with Crippen molar-refractivity contribution in [3.8, 4) is 5.75 Å². The molecule has 0 saturated carbocycles. The number of benzene rings is 5. The van der Waals surface area contributed by atoms with E-state index in [2.05, 4.69) is 20.6 Å². The maximum atomic E-state index is 15.1. The molecule has 4 N–H and O–H groups in total. The number of H-pyrrole nitrogens is 1. The molecule has 2 saturated heterocycles. The Morgan fingerprint density at radius 3 is 2.30 bits per heavy atom. The fourth-order valence-corrected chi connectivity index (χ4v) is 8.89. The predicted octanol–water partition coefficient (Wildman–Crippen LogP) is 5.52. The second-order valence-corrected chi connectivity index (χ2v) is 13.8. The molecule has 11 heteroatoms. The van der Waals surface area contributed by atoms with Crippen molar-refractivity contribution in [2.24, 2.45) is 5.92 Å². The molecule has 2 fully saturated rings. The molecule has 2 amide bonds. The molecule has 6 atom stereocenters. The molecule has 1 spiro atoms. The van der Waals surface area contributed by atoms with Gasteiger partial charge >= 0.3 is 5.97 Å². The Morgan fingerprint density at radius 2 is 1.52 bits per heavy atom. The number of nitrogens with zero attached hydrogens (tertiary/aromatic N) is 2. The summed E-state index contributed by atoms with van der Waals surface area (Å²) >= 11 is 0. The Morgan fingerprint density at radius 1 is 0.833 bits per heavy atom. The highest BCUT2D eigenvalue weighted by atomic mass is 16.6. The number of aliphatic hydroxyl groups excluding tert-OH is 1. The summed E-state index contributed by atoms with van der Waals surface area (Å²) in [4.78, 5) is 55.1. The van der Waals surface area contributed by atoms with Crippen molar-refractivity contribution in [1.29, 1.82) is 0 Å². The summed E-state index contributed by atoms with van der Waals surface area (Å²) in [7, 11) is 0. The van der Waals surface area contributed by atoms with Crippen molar-refractivity contribution < 1.29 is 29.0 Å². The van der Waals surface area contributed by atoms with Crippen molar-refractivity contribution in [3.63, 3.8) is 0 Å². The maximum Gasteiger partial charge on any atom is 0.324 e. The number of amides is 2. The first kappa shape index (κ1) is 33.5. The smallest absolute Gasteiger partial charge is 0.324 e. The molecule has 54 heavy (non-hydrogen) atoms. The van der Waals surface area contributed by atoms with Gasteiger partial charge in [0.2, 0.25) is 11.8 Å².